The van der Waals surface area contributed by atoms with Crippen LogP contribution in [-0.2, 0) is 16.8 Å². The molecule has 1 aromatic carbocycles. The number of carbonyl (C=O) groups excluding carboxylic acids is 1. The fourth-order valence-corrected chi connectivity index (χ4v) is 1.93. The van der Waals surface area contributed by atoms with Gasteiger partial charge in [0.1, 0.15) is 0 Å². The van der Waals surface area contributed by atoms with Crippen LogP contribution in [0.5, 0.6) is 0 Å². The van der Waals surface area contributed by atoms with Gasteiger partial charge in [0.25, 0.3) is 0 Å². The van der Waals surface area contributed by atoms with Crippen molar-refractivity contribution in [1.82, 2.24) is 10.6 Å². The maximum Gasteiger partial charge on any atom is 0.207 e. The Kier molecular flexibility index (Phi) is 5.86. The molecule has 0 saturated heterocycles. The molecule has 100 valence electrons. The van der Waals surface area contributed by atoms with E-state index in [0.29, 0.717) is 0 Å². The summed E-state index contributed by atoms with van der Waals surface area (Å²) in [6.07, 6.45) is 2.75. The normalized spacial score (nSPS) is 11.3. The molecule has 0 radical (unpaired) electrons. The van der Waals surface area contributed by atoms with Gasteiger partial charge in [0.05, 0.1) is 0 Å². The molecule has 1 rings (SSSR count). The minimum atomic E-state index is -0.0354. The third-order valence-corrected chi connectivity index (χ3v) is 3.21. The highest BCUT2D eigenvalue weighted by atomic mass is 16.1. The van der Waals surface area contributed by atoms with Crippen LogP contribution in [0.3, 0.4) is 0 Å². The Morgan fingerprint density at radius 2 is 2.06 bits per heavy atom. The molecule has 0 spiro atoms. The molecular weight excluding hydrogens is 224 g/mol. The topological polar surface area (TPSA) is 41.1 Å². The highest BCUT2D eigenvalue weighted by Crippen LogP contribution is 2.21. The van der Waals surface area contributed by atoms with Crippen molar-refractivity contribution in [3.05, 3.63) is 35.4 Å². The van der Waals surface area contributed by atoms with Gasteiger partial charge in [0, 0.05) is 12.1 Å². The molecule has 0 aliphatic rings. The van der Waals surface area contributed by atoms with Crippen LogP contribution in [0.25, 0.3) is 0 Å². The first-order valence-corrected chi connectivity index (χ1v) is 6.61. The molecule has 0 atom stereocenters. The van der Waals surface area contributed by atoms with Crippen LogP contribution < -0.4 is 10.6 Å². The van der Waals surface area contributed by atoms with E-state index >= 15 is 0 Å². The van der Waals surface area contributed by atoms with Gasteiger partial charge in [-0.3, -0.25) is 4.79 Å². The lowest BCUT2D eigenvalue weighted by Crippen LogP contribution is -2.38. The van der Waals surface area contributed by atoms with Gasteiger partial charge in [0.2, 0.25) is 6.41 Å². The van der Waals surface area contributed by atoms with E-state index in [4.69, 9.17) is 0 Å². The standard InChI is InChI=1S/C15H24N2O/c1-4-13-7-5-8-14(11-13)15(2,3)17-10-6-9-16-12-18/h5,7-8,11-12,17H,4,6,9-10H2,1-3H3,(H,16,18). The minimum absolute atomic E-state index is 0.0354. The van der Waals surface area contributed by atoms with Crippen molar-refractivity contribution in [2.45, 2.75) is 39.2 Å². The quantitative estimate of drug-likeness (QED) is 0.547. The number of hydrogen-bond acceptors (Lipinski definition) is 2. The van der Waals surface area contributed by atoms with Gasteiger partial charge in [-0.1, -0.05) is 31.2 Å². The third-order valence-electron chi connectivity index (χ3n) is 3.21. The Labute approximate surface area is 110 Å². The van der Waals surface area contributed by atoms with E-state index in [0.717, 1.165) is 32.3 Å². The van der Waals surface area contributed by atoms with Crippen LogP contribution >= 0.6 is 0 Å². The molecular formula is C15H24N2O. The number of hydrogen-bond donors (Lipinski definition) is 2. The van der Waals surface area contributed by atoms with E-state index in [1.807, 2.05) is 0 Å². The lowest BCUT2D eigenvalue weighted by molar-refractivity contribution is -0.109. The first-order chi connectivity index (χ1) is 8.60. The lowest BCUT2D eigenvalue weighted by atomic mass is 9.92. The van der Waals surface area contributed by atoms with Crippen LogP contribution in [-0.4, -0.2) is 19.5 Å². The van der Waals surface area contributed by atoms with E-state index in [-0.39, 0.29) is 5.54 Å². The lowest BCUT2D eigenvalue weighted by Gasteiger charge is -2.27. The van der Waals surface area contributed by atoms with E-state index in [9.17, 15) is 4.79 Å². The summed E-state index contributed by atoms with van der Waals surface area (Å²) in [6.45, 7) is 8.17. The summed E-state index contributed by atoms with van der Waals surface area (Å²) in [6, 6.07) is 8.70. The summed E-state index contributed by atoms with van der Waals surface area (Å²) in [5.41, 5.74) is 2.64. The largest absolute Gasteiger partial charge is 0.359 e. The third kappa shape index (κ3) is 4.49. The van der Waals surface area contributed by atoms with Gasteiger partial charge < -0.3 is 10.6 Å². The highest BCUT2D eigenvalue weighted by molar-refractivity contribution is 5.45. The molecule has 0 heterocycles. The smallest absolute Gasteiger partial charge is 0.207 e. The monoisotopic (exact) mass is 248 g/mol. The highest BCUT2D eigenvalue weighted by Gasteiger charge is 2.19. The van der Waals surface area contributed by atoms with E-state index < -0.39 is 0 Å². The summed E-state index contributed by atoms with van der Waals surface area (Å²) >= 11 is 0. The zero-order chi connectivity index (χ0) is 13.4. The van der Waals surface area contributed by atoms with Crippen molar-refractivity contribution in [2.24, 2.45) is 0 Å². The van der Waals surface area contributed by atoms with Crippen molar-refractivity contribution >= 4 is 6.41 Å². The Morgan fingerprint density at radius 1 is 1.28 bits per heavy atom. The fourth-order valence-electron chi connectivity index (χ4n) is 1.93. The zero-order valence-electron chi connectivity index (χ0n) is 11.6. The summed E-state index contributed by atoms with van der Waals surface area (Å²) in [5, 5.41) is 6.20. The second-order valence-electron chi connectivity index (χ2n) is 5.03. The Balaban J connectivity index is 2.53. The number of nitrogens with one attached hydrogen (secondary N) is 2. The second kappa shape index (κ2) is 7.17. The average molecular weight is 248 g/mol. The molecule has 18 heavy (non-hydrogen) atoms. The molecule has 0 fully saturated rings. The Bertz CT molecular complexity index is 375. The minimum Gasteiger partial charge on any atom is -0.359 e. The van der Waals surface area contributed by atoms with Crippen LogP contribution in [0.2, 0.25) is 0 Å². The molecule has 0 aliphatic carbocycles. The van der Waals surface area contributed by atoms with Crippen molar-refractivity contribution in [3.63, 3.8) is 0 Å². The molecule has 1 aromatic rings. The summed E-state index contributed by atoms with van der Waals surface area (Å²) in [5.74, 6) is 0. The molecule has 0 bridgehead atoms. The van der Waals surface area contributed by atoms with Crippen molar-refractivity contribution < 1.29 is 4.79 Å². The predicted octanol–water partition coefficient (Wildman–Crippen LogP) is 2.21. The first kappa shape index (κ1) is 14.7. The molecule has 0 saturated carbocycles. The van der Waals surface area contributed by atoms with Crippen LogP contribution in [0.4, 0.5) is 0 Å². The molecule has 0 aliphatic heterocycles. The molecule has 2 N–H and O–H groups in total. The molecule has 3 heteroatoms. The number of amides is 1. The van der Waals surface area contributed by atoms with Gasteiger partial charge in [-0.25, -0.2) is 0 Å². The Morgan fingerprint density at radius 3 is 2.72 bits per heavy atom. The van der Waals surface area contributed by atoms with Gasteiger partial charge in [0.15, 0.2) is 0 Å². The van der Waals surface area contributed by atoms with Crippen LogP contribution in [0.15, 0.2) is 24.3 Å². The van der Waals surface area contributed by atoms with Gasteiger partial charge in [-0.05, 0) is 44.4 Å². The van der Waals surface area contributed by atoms with Crippen molar-refractivity contribution in [1.29, 1.82) is 0 Å². The summed E-state index contributed by atoms with van der Waals surface area (Å²) in [7, 11) is 0. The number of carbonyl (C=O) groups is 1. The molecule has 0 aromatic heterocycles. The van der Waals surface area contributed by atoms with Gasteiger partial charge in [-0.2, -0.15) is 0 Å². The molecule has 0 unspecified atom stereocenters. The molecule has 3 nitrogen and oxygen atoms in total. The van der Waals surface area contributed by atoms with Crippen LogP contribution in [0, 0.1) is 0 Å². The Hall–Kier alpha value is -1.35. The summed E-state index contributed by atoms with van der Waals surface area (Å²) in [4.78, 5) is 10.1. The van der Waals surface area contributed by atoms with Crippen LogP contribution in [0.1, 0.15) is 38.3 Å². The number of aryl methyl sites for hydroxylation is 1. The molecule has 1 amide bonds. The fraction of sp³-hybridized carbons (Fsp3) is 0.533. The SMILES string of the molecule is CCc1cccc(C(C)(C)NCCCNC=O)c1. The maximum atomic E-state index is 10.1. The zero-order valence-corrected chi connectivity index (χ0v) is 11.6. The van der Waals surface area contributed by atoms with E-state index in [2.05, 4.69) is 55.7 Å². The number of benzene rings is 1. The number of rotatable bonds is 8. The van der Waals surface area contributed by atoms with E-state index in [1.165, 1.54) is 11.1 Å². The second-order valence-corrected chi connectivity index (χ2v) is 5.03. The van der Waals surface area contributed by atoms with Gasteiger partial charge >= 0.3 is 0 Å². The first-order valence-electron chi connectivity index (χ1n) is 6.61. The van der Waals surface area contributed by atoms with E-state index in [1.54, 1.807) is 0 Å². The summed E-state index contributed by atoms with van der Waals surface area (Å²) < 4.78 is 0. The van der Waals surface area contributed by atoms with Crippen molar-refractivity contribution in [3.8, 4) is 0 Å². The predicted molar refractivity (Wildman–Crippen MR) is 75.5 cm³/mol. The van der Waals surface area contributed by atoms with Gasteiger partial charge in [-0.15, -0.1) is 0 Å². The maximum absolute atomic E-state index is 10.1. The average Bonchev–Trinajstić information content (AvgIpc) is 2.38. The van der Waals surface area contributed by atoms with Crippen molar-refractivity contribution in [2.75, 3.05) is 13.1 Å².